The Morgan fingerprint density at radius 2 is 1.90 bits per heavy atom. The van der Waals surface area contributed by atoms with E-state index in [0.717, 1.165) is 25.7 Å². The van der Waals surface area contributed by atoms with Crippen molar-refractivity contribution < 1.29 is 17.9 Å². The van der Waals surface area contributed by atoms with Crippen LogP contribution < -0.4 is 10.1 Å². The number of sulfonamides is 1. The predicted octanol–water partition coefficient (Wildman–Crippen LogP) is 3.15. The van der Waals surface area contributed by atoms with Gasteiger partial charge in [-0.1, -0.05) is 29.8 Å². The topological polar surface area (TPSA) is 75.7 Å². The molecule has 7 heteroatoms. The zero-order valence-corrected chi connectivity index (χ0v) is 17.8. The van der Waals surface area contributed by atoms with Crippen LogP contribution in [0.3, 0.4) is 0 Å². The van der Waals surface area contributed by atoms with Crippen molar-refractivity contribution in [3.05, 3.63) is 59.2 Å². The van der Waals surface area contributed by atoms with Gasteiger partial charge >= 0.3 is 0 Å². The fraction of sp³-hybridized carbons (Fsp3) is 0.409. The summed E-state index contributed by atoms with van der Waals surface area (Å²) in [7, 11) is -2.12. The van der Waals surface area contributed by atoms with E-state index >= 15 is 0 Å². The average Bonchev–Trinajstić information content (AvgIpc) is 3.26. The number of amides is 1. The molecule has 0 aromatic heterocycles. The molecule has 2 aromatic carbocycles. The van der Waals surface area contributed by atoms with Gasteiger partial charge in [0.25, 0.3) is 5.91 Å². The van der Waals surface area contributed by atoms with E-state index in [1.54, 1.807) is 6.07 Å². The van der Waals surface area contributed by atoms with Gasteiger partial charge in [0, 0.05) is 19.6 Å². The summed E-state index contributed by atoms with van der Waals surface area (Å²) in [5.74, 6) is 0.0334. The lowest BCUT2D eigenvalue weighted by Gasteiger charge is -2.17. The Balaban J connectivity index is 1.67. The minimum Gasteiger partial charge on any atom is -0.496 e. The van der Waals surface area contributed by atoms with Crippen molar-refractivity contribution in [1.29, 1.82) is 0 Å². The number of hydrogen-bond donors (Lipinski definition) is 1. The monoisotopic (exact) mass is 416 g/mol. The first-order valence-corrected chi connectivity index (χ1v) is 11.4. The van der Waals surface area contributed by atoms with Gasteiger partial charge in [-0.05, 0) is 56.4 Å². The van der Waals surface area contributed by atoms with Gasteiger partial charge in [-0.2, -0.15) is 4.31 Å². The quantitative estimate of drug-likeness (QED) is 0.671. The van der Waals surface area contributed by atoms with Crippen LogP contribution in [0, 0.1) is 6.92 Å². The first kappa shape index (κ1) is 21.3. The van der Waals surface area contributed by atoms with Crippen LogP contribution in [0.5, 0.6) is 5.75 Å². The fourth-order valence-electron chi connectivity index (χ4n) is 3.56. The average molecular weight is 417 g/mol. The van der Waals surface area contributed by atoms with Crippen LogP contribution in [0.25, 0.3) is 0 Å². The maximum atomic E-state index is 12.8. The molecule has 3 rings (SSSR count). The van der Waals surface area contributed by atoms with E-state index in [-0.39, 0.29) is 16.4 Å². The zero-order valence-electron chi connectivity index (χ0n) is 17.0. The molecule has 1 saturated heterocycles. The van der Waals surface area contributed by atoms with E-state index in [2.05, 4.69) is 30.4 Å². The molecular formula is C22H28N2O4S. The molecule has 156 valence electrons. The van der Waals surface area contributed by atoms with Crippen LogP contribution >= 0.6 is 0 Å². The highest BCUT2D eigenvalue weighted by atomic mass is 32.2. The van der Waals surface area contributed by atoms with Crippen LogP contribution in [0.2, 0.25) is 0 Å². The number of carbonyl (C=O) groups is 1. The Morgan fingerprint density at radius 3 is 2.59 bits per heavy atom. The summed E-state index contributed by atoms with van der Waals surface area (Å²) in [6, 6.07) is 12.8. The molecule has 0 aliphatic carbocycles. The largest absolute Gasteiger partial charge is 0.496 e. The van der Waals surface area contributed by atoms with Crippen molar-refractivity contribution in [2.45, 2.75) is 37.5 Å². The van der Waals surface area contributed by atoms with Gasteiger partial charge in [0.15, 0.2) is 0 Å². The Morgan fingerprint density at radius 1 is 1.14 bits per heavy atom. The number of hydrogen-bond acceptors (Lipinski definition) is 4. The second-order valence-corrected chi connectivity index (χ2v) is 9.26. The Bertz CT molecular complexity index is 967. The highest BCUT2D eigenvalue weighted by molar-refractivity contribution is 7.89. The highest BCUT2D eigenvalue weighted by Gasteiger charge is 2.28. The van der Waals surface area contributed by atoms with Crippen LogP contribution in [0.15, 0.2) is 47.4 Å². The number of carbonyl (C=O) groups excluding carboxylic acids is 1. The standard InChI is InChI=1S/C22H28N2O4S/c1-17-7-5-8-18(15-17)9-6-12-23-22(25)20-16-19(10-11-21(20)28-2)29(26,27)24-13-3-4-14-24/h5,7-8,10-11,15-16H,3-4,6,9,12-14H2,1-2H3,(H,23,25). The van der Waals surface area contributed by atoms with E-state index in [1.807, 2.05) is 6.07 Å². The number of aryl methyl sites for hydroxylation is 2. The minimum absolute atomic E-state index is 0.130. The van der Waals surface area contributed by atoms with Crippen LogP contribution in [-0.2, 0) is 16.4 Å². The molecule has 29 heavy (non-hydrogen) atoms. The van der Waals surface area contributed by atoms with Crippen LogP contribution in [0.4, 0.5) is 0 Å². The molecular weight excluding hydrogens is 388 g/mol. The zero-order chi connectivity index (χ0) is 20.9. The maximum absolute atomic E-state index is 12.8. The third-order valence-corrected chi connectivity index (χ3v) is 7.02. The van der Waals surface area contributed by atoms with Crippen molar-refractivity contribution in [3.8, 4) is 5.75 Å². The molecule has 1 aliphatic rings. The molecule has 0 bridgehead atoms. The molecule has 2 aromatic rings. The molecule has 0 unspecified atom stereocenters. The maximum Gasteiger partial charge on any atom is 0.255 e. The van der Waals surface area contributed by atoms with Crippen molar-refractivity contribution in [2.24, 2.45) is 0 Å². The SMILES string of the molecule is COc1ccc(S(=O)(=O)N2CCCC2)cc1C(=O)NCCCc1cccc(C)c1. The Kier molecular flexibility index (Phi) is 6.92. The van der Waals surface area contributed by atoms with Crippen molar-refractivity contribution in [1.82, 2.24) is 9.62 Å². The van der Waals surface area contributed by atoms with E-state index < -0.39 is 10.0 Å². The van der Waals surface area contributed by atoms with E-state index in [0.29, 0.717) is 25.4 Å². The number of benzene rings is 2. The molecule has 1 amide bonds. The normalized spacial score (nSPS) is 14.7. The molecule has 0 saturated carbocycles. The van der Waals surface area contributed by atoms with Gasteiger partial charge in [-0.15, -0.1) is 0 Å². The Hall–Kier alpha value is -2.38. The number of rotatable bonds is 8. The van der Waals surface area contributed by atoms with Gasteiger partial charge in [-0.3, -0.25) is 4.79 Å². The number of nitrogens with one attached hydrogen (secondary N) is 1. The molecule has 6 nitrogen and oxygen atoms in total. The van der Waals surface area contributed by atoms with Crippen molar-refractivity contribution in [3.63, 3.8) is 0 Å². The van der Waals surface area contributed by atoms with Crippen molar-refractivity contribution in [2.75, 3.05) is 26.7 Å². The predicted molar refractivity (Wildman–Crippen MR) is 113 cm³/mol. The summed E-state index contributed by atoms with van der Waals surface area (Å²) in [6.45, 7) is 3.60. The smallest absolute Gasteiger partial charge is 0.255 e. The number of methoxy groups -OCH3 is 1. The summed E-state index contributed by atoms with van der Waals surface area (Å²) in [6.07, 6.45) is 3.39. The lowest BCUT2D eigenvalue weighted by Crippen LogP contribution is -2.29. The molecule has 1 N–H and O–H groups in total. The van der Waals surface area contributed by atoms with Gasteiger partial charge in [0.1, 0.15) is 5.75 Å². The first-order chi connectivity index (χ1) is 13.9. The molecule has 1 aliphatic heterocycles. The van der Waals surface area contributed by atoms with Crippen LogP contribution in [0.1, 0.15) is 40.7 Å². The summed E-state index contributed by atoms with van der Waals surface area (Å²) >= 11 is 0. The number of nitrogens with zero attached hydrogens (tertiary/aromatic N) is 1. The summed E-state index contributed by atoms with van der Waals surface area (Å²) < 4.78 is 32.4. The van der Waals surface area contributed by atoms with Crippen molar-refractivity contribution >= 4 is 15.9 Å². The van der Waals surface area contributed by atoms with Crippen LogP contribution in [-0.4, -0.2) is 45.4 Å². The first-order valence-electron chi connectivity index (χ1n) is 9.94. The van der Waals surface area contributed by atoms with Gasteiger partial charge < -0.3 is 10.1 Å². The van der Waals surface area contributed by atoms with E-state index in [4.69, 9.17) is 4.74 Å². The molecule has 0 atom stereocenters. The van der Waals surface area contributed by atoms with E-state index in [1.165, 1.54) is 34.7 Å². The molecule has 1 heterocycles. The lowest BCUT2D eigenvalue weighted by atomic mass is 10.1. The van der Waals surface area contributed by atoms with Gasteiger partial charge in [-0.25, -0.2) is 8.42 Å². The fourth-order valence-corrected chi connectivity index (χ4v) is 5.10. The molecule has 0 radical (unpaired) electrons. The van der Waals surface area contributed by atoms with E-state index in [9.17, 15) is 13.2 Å². The Labute approximate surface area is 172 Å². The third kappa shape index (κ3) is 5.16. The highest BCUT2D eigenvalue weighted by Crippen LogP contribution is 2.26. The summed E-state index contributed by atoms with van der Waals surface area (Å²) in [5.41, 5.74) is 2.69. The number of ether oxygens (including phenoxy) is 1. The summed E-state index contributed by atoms with van der Waals surface area (Å²) in [4.78, 5) is 12.8. The van der Waals surface area contributed by atoms with Gasteiger partial charge in [0.2, 0.25) is 10.0 Å². The summed E-state index contributed by atoms with van der Waals surface area (Å²) in [5, 5.41) is 2.88. The molecule has 1 fully saturated rings. The van der Waals surface area contributed by atoms with Gasteiger partial charge in [0.05, 0.1) is 17.6 Å². The lowest BCUT2D eigenvalue weighted by molar-refractivity contribution is 0.0950. The third-order valence-electron chi connectivity index (χ3n) is 5.13. The molecule has 0 spiro atoms. The second-order valence-electron chi connectivity index (χ2n) is 7.32. The second kappa shape index (κ2) is 9.41. The minimum atomic E-state index is -3.59.